The Hall–Kier alpha value is -3.94. The largest absolute Gasteiger partial charge is 0.336 e. The molecule has 0 spiro atoms. The topological polar surface area (TPSA) is 96.3 Å². The van der Waals surface area contributed by atoms with Gasteiger partial charge in [0.25, 0.3) is 5.91 Å². The Morgan fingerprint density at radius 3 is 2.29 bits per heavy atom. The van der Waals surface area contributed by atoms with Crippen molar-refractivity contribution in [2.24, 2.45) is 5.92 Å². The number of likely N-dealkylation sites (tertiary alicyclic amines) is 1. The van der Waals surface area contributed by atoms with Gasteiger partial charge >= 0.3 is 6.03 Å². The third-order valence-corrected chi connectivity index (χ3v) is 6.91. The molecule has 1 aromatic heterocycles. The quantitative estimate of drug-likeness (QED) is 0.424. The van der Waals surface area contributed by atoms with Crippen LogP contribution in [-0.4, -0.2) is 45.5 Å². The van der Waals surface area contributed by atoms with Crippen LogP contribution in [0.3, 0.4) is 0 Å². The first-order valence-electron chi connectivity index (χ1n) is 13.1. The zero-order valence-electron chi connectivity index (χ0n) is 22.9. The molecular formula is C30H37N5O3. The first-order chi connectivity index (χ1) is 18.0. The molecule has 8 nitrogen and oxygen atoms in total. The number of carbonyl (C=O) groups is 3. The van der Waals surface area contributed by atoms with E-state index in [1.807, 2.05) is 55.5 Å². The fourth-order valence-electron chi connectivity index (χ4n) is 4.67. The number of urea groups is 1. The number of Topliss-reactive ketones (excluding diaryl/α,β-unsaturated/α-hetero) is 1. The zero-order chi connectivity index (χ0) is 27.4. The van der Waals surface area contributed by atoms with Crippen molar-refractivity contribution in [3.63, 3.8) is 0 Å². The van der Waals surface area contributed by atoms with Crippen molar-refractivity contribution in [3.8, 4) is 5.69 Å². The Kier molecular flexibility index (Phi) is 7.99. The predicted molar refractivity (Wildman–Crippen MR) is 150 cm³/mol. The van der Waals surface area contributed by atoms with Gasteiger partial charge in [0.05, 0.1) is 11.4 Å². The maximum absolute atomic E-state index is 13.0. The number of amides is 3. The van der Waals surface area contributed by atoms with Crippen LogP contribution in [0.1, 0.15) is 57.4 Å². The van der Waals surface area contributed by atoms with Crippen LogP contribution in [0.2, 0.25) is 0 Å². The molecule has 0 radical (unpaired) electrons. The van der Waals surface area contributed by atoms with E-state index in [0.29, 0.717) is 30.5 Å². The monoisotopic (exact) mass is 515 g/mol. The summed E-state index contributed by atoms with van der Waals surface area (Å²) < 4.78 is 1.76. The molecule has 3 aromatic rings. The molecule has 0 atom stereocenters. The SMILES string of the molecule is CC(=O)C(=O)N1CCC(Cc2cccc(NC(=O)Nc3cc(C(C)(C)C)nn3-c3ccc(C)cc3)c2)CC1. The number of aromatic nitrogens is 2. The van der Waals surface area contributed by atoms with Crippen LogP contribution < -0.4 is 10.6 Å². The molecular weight excluding hydrogens is 478 g/mol. The fraction of sp³-hybridized carbons (Fsp3) is 0.400. The maximum atomic E-state index is 13.0. The maximum Gasteiger partial charge on any atom is 0.324 e. The second-order valence-corrected chi connectivity index (χ2v) is 11.2. The summed E-state index contributed by atoms with van der Waals surface area (Å²) >= 11 is 0. The average molecular weight is 516 g/mol. The van der Waals surface area contributed by atoms with E-state index in [4.69, 9.17) is 5.10 Å². The summed E-state index contributed by atoms with van der Waals surface area (Å²) in [5.74, 6) is 0.227. The van der Waals surface area contributed by atoms with Crippen LogP contribution in [0.15, 0.2) is 54.6 Å². The first-order valence-corrected chi connectivity index (χ1v) is 13.1. The van der Waals surface area contributed by atoms with Gasteiger partial charge in [-0.25, -0.2) is 9.48 Å². The summed E-state index contributed by atoms with van der Waals surface area (Å²) in [6.07, 6.45) is 2.57. The molecule has 2 aromatic carbocycles. The number of ketones is 1. The fourth-order valence-corrected chi connectivity index (χ4v) is 4.67. The Morgan fingerprint density at radius 1 is 0.974 bits per heavy atom. The molecule has 8 heteroatoms. The molecule has 1 fully saturated rings. The molecule has 0 aliphatic carbocycles. The third-order valence-electron chi connectivity index (χ3n) is 6.91. The van der Waals surface area contributed by atoms with Crippen molar-refractivity contribution in [1.82, 2.24) is 14.7 Å². The minimum Gasteiger partial charge on any atom is -0.336 e. The second kappa shape index (κ2) is 11.2. The molecule has 2 heterocycles. The lowest BCUT2D eigenvalue weighted by Gasteiger charge is -2.31. The minimum absolute atomic E-state index is 0.174. The number of hydrogen-bond acceptors (Lipinski definition) is 4. The molecule has 2 N–H and O–H groups in total. The van der Waals surface area contributed by atoms with Crippen LogP contribution >= 0.6 is 0 Å². The lowest BCUT2D eigenvalue weighted by molar-refractivity contribution is -0.144. The van der Waals surface area contributed by atoms with Gasteiger partial charge in [-0.2, -0.15) is 5.10 Å². The number of nitrogens with one attached hydrogen (secondary N) is 2. The van der Waals surface area contributed by atoms with E-state index in [0.717, 1.165) is 41.8 Å². The normalized spacial score (nSPS) is 14.3. The van der Waals surface area contributed by atoms with E-state index in [-0.39, 0.29) is 17.4 Å². The van der Waals surface area contributed by atoms with Gasteiger partial charge in [0.15, 0.2) is 0 Å². The molecule has 3 amide bonds. The molecule has 0 saturated carbocycles. The second-order valence-electron chi connectivity index (χ2n) is 11.2. The van der Waals surface area contributed by atoms with Gasteiger partial charge < -0.3 is 10.2 Å². The van der Waals surface area contributed by atoms with Crippen LogP contribution in [-0.2, 0) is 21.4 Å². The first kappa shape index (κ1) is 27.1. The Bertz CT molecular complexity index is 1310. The number of aryl methyl sites for hydroxylation is 1. The number of rotatable bonds is 6. The molecule has 38 heavy (non-hydrogen) atoms. The minimum atomic E-state index is -0.406. The summed E-state index contributed by atoms with van der Waals surface area (Å²) in [4.78, 5) is 38.0. The summed E-state index contributed by atoms with van der Waals surface area (Å²) in [5.41, 5.74) is 4.57. The summed E-state index contributed by atoms with van der Waals surface area (Å²) in [5, 5.41) is 10.7. The van der Waals surface area contributed by atoms with E-state index < -0.39 is 5.78 Å². The van der Waals surface area contributed by atoms with Gasteiger partial charge in [0.2, 0.25) is 5.78 Å². The van der Waals surface area contributed by atoms with Crippen LogP contribution in [0.5, 0.6) is 0 Å². The lowest BCUT2D eigenvalue weighted by Crippen LogP contribution is -2.41. The summed E-state index contributed by atoms with van der Waals surface area (Å²) in [6, 6.07) is 17.4. The van der Waals surface area contributed by atoms with Gasteiger partial charge in [-0.15, -0.1) is 0 Å². The zero-order valence-corrected chi connectivity index (χ0v) is 22.9. The van der Waals surface area contributed by atoms with Crippen LogP contribution in [0.4, 0.5) is 16.3 Å². The number of benzene rings is 2. The van der Waals surface area contributed by atoms with Gasteiger partial charge in [-0.1, -0.05) is 50.6 Å². The van der Waals surface area contributed by atoms with Crippen molar-refractivity contribution in [2.75, 3.05) is 23.7 Å². The van der Waals surface area contributed by atoms with Gasteiger partial charge in [-0.05, 0) is 61.9 Å². The highest BCUT2D eigenvalue weighted by atomic mass is 16.2. The van der Waals surface area contributed by atoms with E-state index in [9.17, 15) is 14.4 Å². The number of anilines is 2. The van der Waals surface area contributed by atoms with Crippen LogP contribution in [0.25, 0.3) is 5.69 Å². The molecule has 1 aliphatic rings. The molecule has 1 saturated heterocycles. The Labute approximate surface area is 224 Å². The van der Waals surface area contributed by atoms with E-state index in [1.165, 1.54) is 6.92 Å². The van der Waals surface area contributed by atoms with Gasteiger partial charge in [0.1, 0.15) is 5.82 Å². The Morgan fingerprint density at radius 2 is 1.66 bits per heavy atom. The third kappa shape index (κ3) is 6.68. The molecule has 1 aliphatic heterocycles. The van der Waals surface area contributed by atoms with Crippen molar-refractivity contribution >= 4 is 29.2 Å². The van der Waals surface area contributed by atoms with Crippen LogP contribution in [0, 0.1) is 12.8 Å². The van der Waals surface area contributed by atoms with E-state index >= 15 is 0 Å². The molecule has 4 rings (SSSR count). The highest BCUT2D eigenvalue weighted by Gasteiger charge is 2.25. The van der Waals surface area contributed by atoms with Crippen molar-refractivity contribution in [1.29, 1.82) is 0 Å². The number of hydrogen-bond donors (Lipinski definition) is 2. The Balaban J connectivity index is 1.41. The number of piperidine rings is 1. The van der Waals surface area contributed by atoms with Crippen molar-refractivity contribution in [2.45, 2.75) is 59.3 Å². The van der Waals surface area contributed by atoms with Crippen molar-refractivity contribution in [3.05, 3.63) is 71.4 Å². The van der Waals surface area contributed by atoms with E-state index in [2.05, 4.69) is 37.5 Å². The standard InChI is InChI=1S/C30H37N5O3/c1-20-9-11-25(12-10-20)35-27(19-26(33-35)30(3,4)5)32-29(38)31-24-8-6-7-23(18-24)17-22-13-15-34(16-14-22)28(37)21(2)36/h6-12,18-19,22H,13-17H2,1-5H3,(H2,31,32,38). The summed E-state index contributed by atoms with van der Waals surface area (Å²) in [7, 11) is 0. The molecule has 200 valence electrons. The lowest BCUT2D eigenvalue weighted by atomic mass is 9.90. The molecule has 0 bridgehead atoms. The van der Waals surface area contributed by atoms with E-state index in [1.54, 1.807) is 9.58 Å². The highest BCUT2D eigenvalue weighted by Crippen LogP contribution is 2.27. The number of carbonyl (C=O) groups excluding carboxylic acids is 3. The smallest absolute Gasteiger partial charge is 0.324 e. The van der Waals surface area contributed by atoms with Gasteiger partial charge in [0, 0.05) is 37.2 Å². The summed E-state index contributed by atoms with van der Waals surface area (Å²) in [6.45, 7) is 10.8. The highest BCUT2D eigenvalue weighted by molar-refractivity contribution is 6.35. The van der Waals surface area contributed by atoms with Gasteiger partial charge in [-0.3, -0.25) is 14.9 Å². The predicted octanol–water partition coefficient (Wildman–Crippen LogP) is 5.49. The number of nitrogens with zero attached hydrogens (tertiary/aromatic N) is 3. The average Bonchev–Trinajstić information content (AvgIpc) is 3.29. The molecule has 0 unspecified atom stereocenters. The van der Waals surface area contributed by atoms with Crippen molar-refractivity contribution < 1.29 is 14.4 Å².